The normalized spacial score (nSPS) is 18.9. The van der Waals surface area contributed by atoms with Crippen molar-refractivity contribution in [3.63, 3.8) is 0 Å². The summed E-state index contributed by atoms with van der Waals surface area (Å²) in [6.07, 6.45) is 0.422. The van der Waals surface area contributed by atoms with Gasteiger partial charge in [-0.1, -0.05) is 6.07 Å². The third kappa shape index (κ3) is 5.28. The van der Waals surface area contributed by atoms with Gasteiger partial charge in [0, 0.05) is 37.3 Å². The molecule has 0 saturated carbocycles. The van der Waals surface area contributed by atoms with Gasteiger partial charge in [0.25, 0.3) is 5.56 Å². The summed E-state index contributed by atoms with van der Waals surface area (Å²) in [5.74, 6) is -0.489. The summed E-state index contributed by atoms with van der Waals surface area (Å²) >= 11 is 6.91. The number of esters is 2. The summed E-state index contributed by atoms with van der Waals surface area (Å²) in [5.41, 5.74) is 1.89. The van der Waals surface area contributed by atoms with Crippen LogP contribution in [0.15, 0.2) is 23.0 Å². The highest BCUT2D eigenvalue weighted by Gasteiger charge is 2.36. The molecule has 2 atom stereocenters. The highest BCUT2D eigenvalue weighted by molar-refractivity contribution is 7.80. The van der Waals surface area contributed by atoms with Gasteiger partial charge in [-0.3, -0.25) is 4.79 Å². The molecule has 0 unspecified atom stereocenters. The van der Waals surface area contributed by atoms with Crippen LogP contribution in [0.1, 0.15) is 71.3 Å². The van der Waals surface area contributed by atoms with Crippen LogP contribution in [0.2, 0.25) is 0 Å². The molecule has 10 heteroatoms. The number of thiocarbonyl (C=S) groups is 1. The van der Waals surface area contributed by atoms with Gasteiger partial charge in [0.2, 0.25) is 0 Å². The van der Waals surface area contributed by atoms with E-state index in [-0.39, 0.29) is 23.7 Å². The Kier molecular flexibility index (Phi) is 7.32. The zero-order chi connectivity index (χ0) is 25.4. The lowest BCUT2D eigenvalue weighted by Gasteiger charge is -2.43. The zero-order valence-electron chi connectivity index (χ0n) is 20.6. The fourth-order valence-electron chi connectivity index (χ4n) is 4.82. The summed E-state index contributed by atoms with van der Waals surface area (Å²) in [6.45, 7) is 10.9. The Hall–Kier alpha value is -2.72. The number of likely N-dealkylation sites (tertiary alicyclic amines) is 1. The van der Waals surface area contributed by atoms with Crippen LogP contribution in [0.5, 0.6) is 0 Å². The number of carbonyl (C=O) groups is 2. The fourth-order valence-corrected chi connectivity index (χ4v) is 6.21. The second-order valence-electron chi connectivity index (χ2n) is 9.70. The van der Waals surface area contributed by atoms with E-state index in [1.54, 1.807) is 40.7 Å². The van der Waals surface area contributed by atoms with Gasteiger partial charge in [-0.15, -0.1) is 11.3 Å². The van der Waals surface area contributed by atoms with Gasteiger partial charge in [0.15, 0.2) is 5.11 Å². The Morgan fingerprint density at radius 2 is 1.77 bits per heavy atom. The van der Waals surface area contributed by atoms with E-state index in [2.05, 4.69) is 10.2 Å². The van der Waals surface area contributed by atoms with Crippen molar-refractivity contribution in [2.75, 3.05) is 18.4 Å². The number of hydrogen-bond donors (Lipinski definition) is 1. The standard InChI is InChI=1S/C25H31N3O5S2/c1-13(2)32-23(30)20-15(5)21(24(31)33-14(3)4)35-22(20)26-25(34)27-10-16-9-17(12-27)18-7-6-8-19(29)28(18)11-16/h6-8,13-14,16-17H,9-12H2,1-5H3,(H,26,34)/t16-,17+/m0/s1. The number of ether oxygens (including phenoxy) is 2. The molecule has 4 heterocycles. The van der Waals surface area contributed by atoms with E-state index in [1.807, 2.05) is 16.7 Å². The maximum Gasteiger partial charge on any atom is 0.348 e. The van der Waals surface area contributed by atoms with Crippen LogP contribution in [0.3, 0.4) is 0 Å². The summed E-state index contributed by atoms with van der Waals surface area (Å²) in [6, 6.07) is 5.42. The molecular formula is C25H31N3O5S2. The maximum absolute atomic E-state index is 12.9. The first-order valence-electron chi connectivity index (χ1n) is 11.9. The highest BCUT2D eigenvalue weighted by atomic mass is 32.1. The number of rotatable bonds is 5. The van der Waals surface area contributed by atoms with Crippen LogP contribution in [0.25, 0.3) is 0 Å². The predicted molar refractivity (Wildman–Crippen MR) is 140 cm³/mol. The molecule has 35 heavy (non-hydrogen) atoms. The minimum Gasteiger partial charge on any atom is -0.459 e. The largest absolute Gasteiger partial charge is 0.459 e. The molecule has 0 aliphatic carbocycles. The molecule has 2 aromatic rings. The van der Waals surface area contributed by atoms with E-state index in [0.29, 0.717) is 51.7 Å². The molecule has 1 fully saturated rings. The number of hydrogen-bond acceptors (Lipinski definition) is 7. The van der Waals surface area contributed by atoms with Gasteiger partial charge in [-0.25, -0.2) is 9.59 Å². The molecule has 2 bridgehead atoms. The van der Waals surface area contributed by atoms with Gasteiger partial charge in [-0.2, -0.15) is 0 Å². The van der Waals surface area contributed by atoms with Crippen LogP contribution in [-0.4, -0.2) is 51.8 Å². The number of aromatic nitrogens is 1. The third-order valence-corrected chi connectivity index (χ3v) is 7.76. The first-order chi connectivity index (χ1) is 16.5. The average molecular weight is 518 g/mol. The Labute approximate surface area is 214 Å². The molecule has 2 aliphatic rings. The first-order valence-corrected chi connectivity index (χ1v) is 13.1. The number of anilines is 1. The highest BCUT2D eigenvalue weighted by Crippen LogP contribution is 2.37. The number of pyridine rings is 1. The molecular weight excluding hydrogens is 486 g/mol. The summed E-state index contributed by atoms with van der Waals surface area (Å²) < 4.78 is 12.7. The number of piperidine rings is 1. The van der Waals surface area contributed by atoms with Crippen LogP contribution in [0.4, 0.5) is 5.00 Å². The molecule has 0 amide bonds. The molecule has 0 radical (unpaired) electrons. The monoisotopic (exact) mass is 517 g/mol. The van der Waals surface area contributed by atoms with Crippen molar-refractivity contribution < 1.29 is 19.1 Å². The van der Waals surface area contributed by atoms with E-state index >= 15 is 0 Å². The molecule has 188 valence electrons. The number of thiophene rings is 1. The molecule has 1 saturated heterocycles. The van der Waals surface area contributed by atoms with E-state index in [4.69, 9.17) is 21.7 Å². The van der Waals surface area contributed by atoms with Crippen LogP contribution < -0.4 is 10.9 Å². The molecule has 4 rings (SSSR count). The molecule has 0 spiro atoms. The summed E-state index contributed by atoms with van der Waals surface area (Å²) in [4.78, 5) is 40.4. The number of carbonyl (C=O) groups excluding carboxylic acids is 2. The van der Waals surface area contributed by atoms with Gasteiger partial charge >= 0.3 is 11.9 Å². The van der Waals surface area contributed by atoms with Crippen molar-refractivity contribution in [1.29, 1.82) is 0 Å². The molecule has 2 aliphatic heterocycles. The average Bonchev–Trinajstić information content (AvgIpc) is 3.09. The summed E-state index contributed by atoms with van der Waals surface area (Å²) in [7, 11) is 0. The van der Waals surface area contributed by atoms with Crippen molar-refractivity contribution in [2.24, 2.45) is 5.92 Å². The lowest BCUT2D eigenvalue weighted by atomic mass is 9.83. The van der Waals surface area contributed by atoms with Crippen molar-refractivity contribution >= 4 is 45.6 Å². The smallest absolute Gasteiger partial charge is 0.348 e. The first kappa shape index (κ1) is 25.4. The van der Waals surface area contributed by atoms with Crippen LogP contribution in [-0.2, 0) is 16.0 Å². The lowest BCUT2D eigenvalue weighted by molar-refractivity contribution is 0.0378. The minimum absolute atomic E-state index is 0.0366. The van der Waals surface area contributed by atoms with Gasteiger partial charge in [0.05, 0.1) is 17.8 Å². The third-order valence-electron chi connectivity index (χ3n) is 6.21. The number of nitrogens with zero attached hydrogens (tertiary/aromatic N) is 2. The fraction of sp³-hybridized carbons (Fsp3) is 0.520. The van der Waals surface area contributed by atoms with E-state index in [1.165, 1.54) is 0 Å². The zero-order valence-corrected chi connectivity index (χ0v) is 22.3. The molecule has 2 aromatic heterocycles. The Bertz CT molecular complexity index is 1220. The van der Waals surface area contributed by atoms with E-state index in [0.717, 1.165) is 23.5 Å². The maximum atomic E-state index is 12.9. The number of nitrogens with one attached hydrogen (secondary N) is 1. The van der Waals surface area contributed by atoms with E-state index < -0.39 is 11.9 Å². The predicted octanol–water partition coefficient (Wildman–Crippen LogP) is 4.16. The SMILES string of the molecule is Cc1c(C(=O)OC(C)C)sc(NC(=S)N2C[C@@H]3C[C@H](C2)c2cccc(=O)n2C3)c1C(=O)OC(C)C. The molecule has 8 nitrogen and oxygen atoms in total. The second-order valence-corrected chi connectivity index (χ2v) is 11.1. The Morgan fingerprint density at radius 3 is 2.46 bits per heavy atom. The van der Waals surface area contributed by atoms with E-state index in [9.17, 15) is 14.4 Å². The van der Waals surface area contributed by atoms with Gasteiger partial charge in [-0.05, 0) is 70.8 Å². The van der Waals surface area contributed by atoms with Crippen molar-refractivity contribution in [3.8, 4) is 0 Å². The lowest BCUT2D eigenvalue weighted by Crippen LogP contribution is -2.50. The van der Waals surface area contributed by atoms with Crippen LogP contribution >= 0.6 is 23.6 Å². The van der Waals surface area contributed by atoms with Crippen molar-refractivity contribution in [1.82, 2.24) is 9.47 Å². The molecule has 0 aromatic carbocycles. The number of fused-ring (bicyclic) bond motifs is 4. The van der Waals surface area contributed by atoms with Crippen molar-refractivity contribution in [2.45, 2.75) is 65.7 Å². The van der Waals surface area contributed by atoms with Gasteiger partial charge < -0.3 is 24.3 Å². The second kappa shape index (κ2) is 10.1. The minimum atomic E-state index is -0.508. The van der Waals surface area contributed by atoms with Crippen molar-refractivity contribution in [3.05, 3.63) is 50.3 Å². The van der Waals surface area contributed by atoms with Crippen LogP contribution in [0, 0.1) is 12.8 Å². The quantitative estimate of drug-likeness (QED) is 0.467. The molecule has 1 N–H and O–H groups in total. The topological polar surface area (TPSA) is 89.9 Å². The summed E-state index contributed by atoms with van der Waals surface area (Å²) in [5, 5.41) is 4.18. The Balaban J connectivity index is 1.59. The van der Waals surface area contributed by atoms with Gasteiger partial charge in [0.1, 0.15) is 9.88 Å². The Morgan fingerprint density at radius 1 is 1.09 bits per heavy atom.